The third-order valence-electron chi connectivity index (χ3n) is 4.20. The first-order chi connectivity index (χ1) is 11.5. The van der Waals surface area contributed by atoms with Crippen LogP contribution in [0.2, 0.25) is 0 Å². The molecule has 24 heavy (non-hydrogen) atoms. The summed E-state index contributed by atoms with van der Waals surface area (Å²) in [6.07, 6.45) is 2.65. The minimum Gasteiger partial charge on any atom is -0.353 e. The largest absolute Gasteiger partial charge is 0.353 e. The van der Waals surface area contributed by atoms with Crippen LogP contribution >= 0.6 is 0 Å². The molecular weight excluding hydrogens is 318 g/mol. The van der Waals surface area contributed by atoms with Gasteiger partial charge in [0, 0.05) is 43.6 Å². The maximum Gasteiger partial charge on any atom is 0.333 e. The van der Waals surface area contributed by atoms with E-state index in [1.54, 1.807) is 4.90 Å². The molecule has 0 spiro atoms. The van der Waals surface area contributed by atoms with E-state index in [-0.39, 0.29) is 11.6 Å². The second-order valence-corrected chi connectivity index (χ2v) is 5.65. The zero-order chi connectivity index (χ0) is 17.3. The van der Waals surface area contributed by atoms with E-state index in [1.807, 2.05) is 13.8 Å². The highest BCUT2D eigenvalue weighted by atomic mass is 19.3. The number of alkyl halides is 2. The Hall–Kier alpha value is -2.58. The van der Waals surface area contributed by atoms with Crippen LogP contribution in [-0.4, -0.2) is 56.7 Å². The molecule has 1 amide bonds. The number of aromatic nitrogens is 4. The molecule has 3 heterocycles. The predicted octanol–water partition coefficient (Wildman–Crippen LogP) is 1.65. The van der Waals surface area contributed by atoms with Gasteiger partial charge in [0.05, 0.1) is 0 Å². The molecule has 0 unspecified atom stereocenters. The van der Waals surface area contributed by atoms with Crippen molar-refractivity contribution in [3.05, 3.63) is 35.5 Å². The molecule has 0 saturated carbocycles. The molecule has 0 bridgehead atoms. The zero-order valence-electron chi connectivity index (χ0n) is 13.5. The number of carbonyl (C=O) groups is 1. The molecule has 1 aliphatic heterocycles. The van der Waals surface area contributed by atoms with E-state index in [2.05, 4.69) is 20.0 Å². The summed E-state index contributed by atoms with van der Waals surface area (Å²) in [5.74, 6) is 0.543. The van der Waals surface area contributed by atoms with Crippen LogP contribution < -0.4 is 4.90 Å². The molecule has 0 aliphatic carbocycles. The molecule has 1 fully saturated rings. The summed E-state index contributed by atoms with van der Waals surface area (Å²) in [4.78, 5) is 24.6. The number of anilines is 1. The Morgan fingerprint density at radius 3 is 2.50 bits per heavy atom. The summed E-state index contributed by atoms with van der Waals surface area (Å²) in [6.45, 7) is 3.38. The van der Waals surface area contributed by atoms with Crippen molar-refractivity contribution in [3.8, 4) is 0 Å². The summed E-state index contributed by atoms with van der Waals surface area (Å²) >= 11 is 0. The van der Waals surface area contributed by atoms with Crippen molar-refractivity contribution in [2.24, 2.45) is 0 Å². The highest BCUT2D eigenvalue weighted by molar-refractivity contribution is 5.92. The van der Waals surface area contributed by atoms with Gasteiger partial charge in [-0.05, 0) is 19.9 Å². The van der Waals surface area contributed by atoms with Gasteiger partial charge in [-0.1, -0.05) is 0 Å². The highest BCUT2D eigenvalue weighted by Gasteiger charge is 2.25. The number of amides is 1. The molecule has 9 heteroatoms. The van der Waals surface area contributed by atoms with Crippen molar-refractivity contribution in [1.82, 2.24) is 24.6 Å². The van der Waals surface area contributed by atoms with Crippen LogP contribution in [0.3, 0.4) is 0 Å². The standard InChI is InChI=1S/C15H18F2N6O/c1-10-11(2)18-9-19-13(10)21-5-7-22(8-6-21)14(24)12-3-4-23(20-12)15(16)17/h3-4,9,15H,5-8H2,1-2H3. The van der Waals surface area contributed by atoms with E-state index in [0.29, 0.717) is 30.9 Å². The molecule has 0 N–H and O–H groups in total. The molecule has 7 nitrogen and oxygen atoms in total. The Labute approximate surface area is 137 Å². The van der Waals surface area contributed by atoms with Gasteiger partial charge < -0.3 is 9.80 Å². The number of nitrogens with zero attached hydrogens (tertiary/aromatic N) is 6. The maximum absolute atomic E-state index is 12.6. The first-order valence-electron chi connectivity index (χ1n) is 7.63. The van der Waals surface area contributed by atoms with E-state index in [1.165, 1.54) is 12.4 Å². The second kappa shape index (κ2) is 6.50. The average Bonchev–Trinajstić information content (AvgIpc) is 3.07. The average molecular weight is 336 g/mol. The zero-order valence-corrected chi connectivity index (χ0v) is 13.5. The SMILES string of the molecule is Cc1ncnc(N2CCN(C(=O)c3ccn(C(F)F)n3)CC2)c1C. The molecule has 2 aromatic heterocycles. The lowest BCUT2D eigenvalue weighted by Crippen LogP contribution is -2.49. The van der Waals surface area contributed by atoms with E-state index >= 15 is 0 Å². The highest BCUT2D eigenvalue weighted by Crippen LogP contribution is 2.20. The van der Waals surface area contributed by atoms with Crippen molar-refractivity contribution in [1.29, 1.82) is 0 Å². The first-order valence-corrected chi connectivity index (χ1v) is 7.63. The Kier molecular flexibility index (Phi) is 4.41. The van der Waals surface area contributed by atoms with Crippen LogP contribution in [0.25, 0.3) is 0 Å². The maximum atomic E-state index is 12.6. The molecule has 1 saturated heterocycles. The quantitative estimate of drug-likeness (QED) is 0.852. The van der Waals surface area contributed by atoms with Crippen LogP contribution in [-0.2, 0) is 0 Å². The minimum absolute atomic E-state index is 0.0396. The molecule has 3 rings (SSSR count). The van der Waals surface area contributed by atoms with E-state index < -0.39 is 6.55 Å². The second-order valence-electron chi connectivity index (χ2n) is 5.65. The van der Waals surface area contributed by atoms with Gasteiger partial charge in [-0.25, -0.2) is 14.6 Å². The number of hydrogen-bond donors (Lipinski definition) is 0. The van der Waals surface area contributed by atoms with Gasteiger partial charge in [-0.3, -0.25) is 4.79 Å². The number of aryl methyl sites for hydroxylation is 1. The number of hydrogen-bond acceptors (Lipinski definition) is 5. The smallest absolute Gasteiger partial charge is 0.333 e. The summed E-state index contributed by atoms with van der Waals surface area (Å²) < 4.78 is 25.6. The van der Waals surface area contributed by atoms with E-state index in [9.17, 15) is 13.6 Å². The lowest BCUT2D eigenvalue weighted by molar-refractivity contribution is 0.0550. The van der Waals surface area contributed by atoms with Gasteiger partial charge in [-0.15, -0.1) is 0 Å². The van der Waals surface area contributed by atoms with Crippen molar-refractivity contribution in [3.63, 3.8) is 0 Å². The van der Waals surface area contributed by atoms with Gasteiger partial charge in [0.15, 0.2) is 5.69 Å². The third-order valence-corrected chi connectivity index (χ3v) is 4.20. The van der Waals surface area contributed by atoms with Gasteiger partial charge in [0.2, 0.25) is 0 Å². The van der Waals surface area contributed by atoms with E-state index in [0.717, 1.165) is 23.3 Å². The van der Waals surface area contributed by atoms with Crippen molar-refractivity contribution in [2.75, 3.05) is 31.1 Å². The number of piperazine rings is 1. The Morgan fingerprint density at radius 2 is 1.88 bits per heavy atom. The normalized spacial score (nSPS) is 15.2. The molecule has 0 radical (unpaired) electrons. The Morgan fingerprint density at radius 1 is 1.17 bits per heavy atom. The topological polar surface area (TPSA) is 67.2 Å². The third kappa shape index (κ3) is 3.06. The first kappa shape index (κ1) is 16.3. The lowest BCUT2D eigenvalue weighted by atomic mass is 10.2. The summed E-state index contributed by atoms with van der Waals surface area (Å²) in [6, 6.07) is 1.32. The van der Waals surface area contributed by atoms with Crippen LogP contribution in [0, 0.1) is 13.8 Å². The van der Waals surface area contributed by atoms with Crippen molar-refractivity contribution < 1.29 is 13.6 Å². The molecular formula is C15H18F2N6O. The van der Waals surface area contributed by atoms with E-state index in [4.69, 9.17) is 0 Å². The molecule has 128 valence electrons. The van der Waals surface area contributed by atoms with Crippen LogP contribution in [0.15, 0.2) is 18.6 Å². The molecule has 2 aromatic rings. The Balaban J connectivity index is 1.66. The van der Waals surface area contributed by atoms with Crippen molar-refractivity contribution in [2.45, 2.75) is 20.4 Å². The summed E-state index contributed by atoms with van der Waals surface area (Å²) in [5, 5.41) is 3.63. The van der Waals surface area contributed by atoms with Gasteiger partial charge in [0.1, 0.15) is 12.1 Å². The van der Waals surface area contributed by atoms with Crippen molar-refractivity contribution >= 4 is 11.7 Å². The van der Waals surface area contributed by atoms with Gasteiger partial charge >= 0.3 is 6.55 Å². The fraction of sp³-hybridized carbons (Fsp3) is 0.467. The number of carbonyl (C=O) groups excluding carboxylic acids is 1. The molecule has 1 aliphatic rings. The van der Waals surface area contributed by atoms with Gasteiger partial charge in [0.25, 0.3) is 5.91 Å². The predicted molar refractivity (Wildman–Crippen MR) is 83.1 cm³/mol. The molecule has 0 atom stereocenters. The number of rotatable bonds is 3. The van der Waals surface area contributed by atoms with Gasteiger partial charge in [-0.2, -0.15) is 13.9 Å². The fourth-order valence-corrected chi connectivity index (χ4v) is 2.69. The Bertz CT molecular complexity index is 739. The summed E-state index contributed by atoms with van der Waals surface area (Å²) in [7, 11) is 0. The molecule has 0 aromatic carbocycles. The minimum atomic E-state index is -2.74. The lowest BCUT2D eigenvalue weighted by Gasteiger charge is -2.35. The summed E-state index contributed by atoms with van der Waals surface area (Å²) in [5.41, 5.74) is 1.99. The fourth-order valence-electron chi connectivity index (χ4n) is 2.69. The van der Waals surface area contributed by atoms with Crippen LogP contribution in [0.4, 0.5) is 14.6 Å². The monoisotopic (exact) mass is 336 g/mol. The number of halogens is 2. The van der Waals surface area contributed by atoms with Crippen LogP contribution in [0.1, 0.15) is 28.3 Å². The van der Waals surface area contributed by atoms with Crippen LogP contribution in [0.5, 0.6) is 0 Å².